The lowest BCUT2D eigenvalue weighted by molar-refractivity contribution is -0.138. The van der Waals surface area contributed by atoms with Crippen molar-refractivity contribution in [1.29, 1.82) is 0 Å². The molecule has 78 valence electrons. The van der Waals surface area contributed by atoms with Crippen LogP contribution < -0.4 is 5.73 Å². The van der Waals surface area contributed by atoms with Crippen LogP contribution >= 0.6 is 0 Å². The molecule has 0 rings (SSSR count). The monoisotopic (exact) mass is 201 g/mol. The zero-order chi connectivity index (χ0) is 11.1. The molecule has 0 saturated heterocycles. The number of carboxylic acid groups (broad SMARTS) is 2. The van der Waals surface area contributed by atoms with Gasteiger partial charge >= 0.3 is 11.9 Å². The minimum atomic E-state index is -1.22. The summed E-state index contributed by atoms with van der Waals surface area (Å²) >= 11 is 0. The number of carboxylic acids is 2. The highest BCUT2D eigenvalue weighted by Gasteiger charge is 2.12. The van der Waals surface area contributed by atoms with Crippen molar-refractivity contribution < 1.29 is 24.6 Å². The Morgan fingerprint density at radius 2 is 1.79 bits per heavy atom. The number of carbonyl (C=O) groups excluding carboxylic acids is 1. The van der Waals surface area contributed by atoms with E-state index in [1.54, 1.807) is 0 Å². The van der Waals surface area contributed by atoms with E-state index in [0.29, 0.717) is 6.08 Å². The second-order valence-electron chi connectivity index (χ2n) is 2.62. The van der Waals surface area contributed by atoms with Gasteiger partial charge in [-0.15, -0.1) is 0 Å². The Labute approximate surface area is 80.0 Å². The molecule has 1 atom stereocenters. The molecule has 0 bridgehead atoms. The SMILES string of the molecule is NC(CCC(=O)/C=C/C(=O)O)C(=O)O. The van der Waals surface area contributed by atoms with Gasteiger partial charge < -0.3 is 15.9 Å². The average Bonchev–Trinajstić information content (AvgIpc) is 2.10. The third kappa shape index (κ3) is 5.90. The molecular weight excluding hydrogens is 190 g/mol. The maximum Gasteiger partial charge on any atom is 0.328 e. The van der Waals surface area contributed by atoms with E-state index in [0.717, 1.165) is 6.08 Å². The fourth-order valence-corrected chi connectivity index (χ4v) is 0.669. The first-order chi connectivity index (χ1) is 6.43. The van der Waals surface area contributed by atoms with Crippen LogP contribution in [0.1, 0.15) is 12.8 Å². The summed E-state index contributed by atoms with van der Waals surface area (Å²) in [5.74, 6) is -2.86. The lowest BCUT2D eigenvalue weighted by Gasteiger charge is -2.02. The highest BCUT2D eigenvalue weighted by molar-refractivity contribution is 5.95. The number of ketones is 1. The lowest BCUT2D eigenvalue weighted by Crippen LogP contribution is -2.30. The van der Waals surface area contributed by atoms with Crippen LogP contribution in [0.4, 0.5) is 0 Å². The summed E-state index contributed by atoms with van der Waals surface area (Å²) in [6, 6.07) is -1.09. The second kappa shape index (κ2) is 5.87. The number of hydrogen-bond donors (Lipinski definition) is 3. The van der Waals surface area contributed by atoms with Gasteiger partial charge in [0.1, 0.15) is 6.04 Å². The van der Waals surface area contributed by atoms with Crippen molar-refractivity contribution in [3.8, 4) is 0 Å². The van der Waals surface area contributed by atoms with Crippen LogP contribution in [0.15, 0.2) is 12.2 Å². The largest absolute Gasteiger partial charge is 0.480 e. The molecule has 0 aromatic rings. The molecule has 6 nitrogen and oxygen atoms in total. The first kappa shape index (κ1) is 12.3. The van der Waals surface area contributed by atoms with E-state index < -0.39 is 23.8 Å². The summed E-state index contributed by atoms with van der Waals surface area (Å²) in [5.41, 5.74) is 5.13. The van der Waals surface area contributed by atoms with Gasteiger partial charge in [-0.25, -0.2) is 4.79 Å². The second-order valence-corrected chi connectivity index (χ2v) is 2.62. The van der Waals surface area contributed by atoms with E-state index in [2.05, 4.69) is 0 Å². The van der Waals surface area contributed by atoms with Crippen LogP contribution in [0.3, 0.4) is 0 Å². The van der Waals surface area contributed by atoms with Crippen molar-refractivity contribution >= 4 is 17.7 Å². The number of hydrogen-bond acceptors (Lipinski definition) is 4. The molecule has 0 amide bonds. The fraction of sp³-hybridized carbons (Fsp3) is 0.375. The van der Waals surface area contributed by atoms with Gasteiger partial charge in [-0.05, 0) is 12.5 Å². The molecule has 0 aromatic heterocycles. The highest BCUT2D eigenvalue weighted by atomic mass is 16.4. The predicted molar refractivity (Wildman–Crippen MR) is 46.6 cm³/mol. The highest BCUT2D eigenvalue weighted by Crippen LogP contribution is 1.97. The van der Waals surface area contributed by atoms with Crippen molar-refractivity contribution in [2.45, 2.75) is 18.9 Å². The zero-order valence-electron chi connectivity index (χ0n) is 7.34. The van der Waals surface area contributed by atoms with E-state index in [-0.39, 0.29) is 12.8 Å². The Morgan fingerprint density at radius 1 is 1.21 bits per heavy atom. The summed E-state index contributed by atoms with van der Waals surface area (Å²) in [7, 11) is 0. The Bertz CT molecular complexity index is 271. The van der Waals surface area contributed by atoms with E-state index in [9.17, 15) is 14.4 Å². The maximum atomic E-state index is 10.9. The first-order valence-electron chi connectivity index (χ1n) is 3.85. The third-order valence-electron chi connectivity index (χ3n) is 1.43. The molecule has 0 aliphatic heterocycles. The average molecular weight is 201 g/mol. The van der Waals surface area contributed by atoms with E-state index in [4.69, 9.17) is 15.9 Å². The molecule has 0 fully saturated rings. The smallest absolute Gasteiger partial charge is 0.328 e. The van der Waals surface area contributed by atoms with Gasteiger partial charge in [0.05, 0.1) is 0 Å². The predicted octanol–water partition coefficient (Wildman–Crippen LogP) is -0.612. The van der Waals surface area contributed by atoms with Crippen molar-refractivity contribution in [3.63, 3.8) is 0 Å². The summed E-state index contributed by atoms with van der Waals surface area (Å²) in [4.78, 5) is 31.1. The Kier molecular flexibility index (Phi) is 5.16. The zero-order valence-corrected chi connectivity index (χ0v) is 7.34. The number of carbonyl (C=O) groups is 3. The third-order valence-corrected chi connectivity index (χ3v) is 1.43. The van der Waals surface area contributed by atoms with Crippen molar-refractivity contribution in [3.05, 3.63) is 12.2 Å². The van der Waals surface area contributed by atoms with Crippen LogP contribution in [0, 0.1) is 0 Å². The minimum Gasteiger partial charge on any atom is -0.480 e. The first-order valence-corrected chi connectivity index (χ1v) is 3.85. The maximum absolute atomic E-state index is 10.9. The summed E-state index contributed by atoms with van der Waals surface area (Å²) in [6.07, 6.45) is 1.51. The number of allylic oxidation sites excluding steroid dienone is 1. The van der Waals surface area contributed by atoms with Gasteiger partial charge in [0.25, 0.3) is 0 Å². The summed E-state index contributed by atoms with van der Waals surface area (Å²) in [5, 5.41) is 16.5. The van der Waals surface area contributed by atoms with E-state index in [1.165, 1.54) is 0 Å². The lowest BCUT2D eigenvalue weighted by atomic mass is 10.1. The molecule has 4 N–H and O–H groups in total. The molecular formula is C8H11NO5. The molecule has 0 spiro atoms. The van der Waals surface area contributed by atoms with Crippen molar-refractivity contribution in [2.24, 2.45) is 5.73 Å². The van der Waals surface area contributed by atoms with Gasteiger partial charge in [-0.3, -0.25) is 9.59 Å². The molecule has 0 heterocycles. The number of rotatable bonds is 6. The quantitative estimate of drug-likeness (QED) is 0.493. The van der Waals surface area contributed by atoms with Gasteiger partial charge in [0, 0.05) is 12.5 Å². The standard InChI is InChI=1S/C8H11NO5/c9-6(8(13)14)3-1-5(10)2-4-7(11)12/h2,4,6H,1,3,9H2,(H,11,12)(H,13,14)/b4-2+. The molecule has 0 aliphatic carbocycles. The van der Waals surface area contributed by atoms with Crippen LogP contribution in [-0.4, -0.2) is 34.0 Å². The summed E-state index contributed by atoms with van der Waals surface area (Å²) in [6.45, 7) is 0. The summed E-state index contributed by atoms with van der Waals surface area (Å²) < 4.78 is 0. The van der Waals surface area contributed by atoms with Gasteiger partial charge in [0.15, 0.2) is 5.78 Å². The Morgan fingerprint density at radius 3 is 2.21 bits per heavy atom. The van der Waals surface area contributed by atoms with Crippen LogP contribution in [0.25, 0.3) is 0 Å². The van der Waals surface area contributed by atoms with Gasteiger partial charge in [-0.2, -0.15) is 0 Å². The minimum absolute atomic E-state index is 0.00186. The molecule has 0 saturated carbocycles. The topological polar surface area (TPSA) is 118 Å². The Balaban J connectivity index is 3.86. The van der Waals surface area contributed by atoms with Crippen LogP contribution in [0.5, 0.6) is 0 Å². The van der Waals surface area contributed by atoms with E-state index in [1.807, 2.05) is 0 Å². The van der Waals surface area contributed by atoms with Crippen LogP contribution in [0.2, 0.25) is 0 Å². The normalized spacial score (nSPS) is 12.6. The molecule has 0 radical (unpaired) electrons. The molecule has 0 aliphatic rings. The van der Waals surface area contributed by atoms with Gasteiger partial charge in [0.2, 0.25) is 0 Å². The Hall–Kier alpha value is -1.69. The fourth-order valence-electron chi connectivity index (χ4n) is 0.669. The van der Waals surface area contributed by atoms with Gasteiger partial charge in [-0.1, -0.05) is 0 Å². The molecule has 1 unspecified atom stereocenters. The number of nitrogens with two attached hydrogens (primary N) is 1. The van der Waals surface area contributed by atoms with Crippen LogP contribution in [-0.2, 0) is 14.4 Å². The van der Waals surface area contributed by atoms with Crippen molar-refractivity contribution in [1.82, 2.24) is 0 Å². The number of aliphatic carboxylic acids is 2. The van der Waals surface area contributed by atoms with E-state index >= 15 is 0 Å². The van der Waals surface area contributed by atoms with Crippen molar-refractivity contribution in [2.75, 3.05) is 0 Å². The molecule has 14 heavy (non-hydrogen) atoms. The molecule has 6 heteroatoms. The molecule has 0 aromatic carbocycles.